The van der Waals surface area contributed by atoms with Crippen molar-refractivity contribution in [2.45, 2.75) is 114 Å². The van der Waals surface area contributed by atoms with E-state index >= 15 is 0 Å². The van der Waals surface area contributed by atoms with Gasteiger partial charge >= 0.3 is 6.09 Å². The van der Waals surface area contributed by atoms with Crippen molar-refractivity contribution in [2.24, 2.45) is 11.8 Å². The van der Waals surface area contributed by atoms with Gasteiger partial charge in [0.1, 0.15) is 17.7 Å². The molecule has 12 nitrogen and oxygen atoms in total. The monoisotopic (exact) mass is 695 g/mol. The third-order valence-corrected chi connectivity index (χ3v) is 12.5. The summed E-state index contributed by atoms with van der Waals surface area (Å²) in [6, 6.07) is 4.50. The van der Waals surface area contributed by atoms with Gasteiger partial charge in [-0.2, -0.15) is 0 Å². The Bertz CT molecular complexity index is 1650. The molecule has 2 N–H and O–H groups in total. The molecular weight excluding hydrogens is 646 g/mol. The highest BCUT2D eigenvalue weighted by atomic mass is 32.2. The lowest BCUT2D eigenvalue weighted by molar-refractivity contribution is -0.145. The summed E-state index contributed by atoms with van der Waals surface area (Å²) in [6.07, 6.45) is 7.33. The van der Waals surface area contributed by atoms with Gasteiger partial charge in [-0.3, -0.25) is 28.9 Å². The second kappa shape index (κ2) is 13.5. The summed E-state index contributed by atoms with van der Waals surface area (Å²) in [4.78, 5) is 61.1. The summed E-state index contributed by atoms with van der Waals surface area (Å²) in [6.45, 7) is 13.4. The second-order valence-electron chi connectivity index (χ2n) is 14.8. The molecule has 13 heteroatoms. The Kier molecular flexibility index (Phi) is 9.71. The molecule has 6 rings (SSSR count). The predicted molar refractivity (Wildman–Crippen MR) is 184 cm³/mol. The number of ether oxygens (including phenoxy) is 1. The maximum Gasteiger partial charge on any atom is 0.410 e. The van der Waals surface area contributed by atoms with Crippen molar-refractivity contribution >= 4 is 39.9 Å². The van der Waals surface area contributed by atoms with Crippen molar-refractivity contribution in [3.63, 3.8) is 0 Å². The van der Waals surface area contributed by atoms with Gasteiger partial charge < -0.3 is 15.0 Å². The summed E-state index contributed by atoms with van der Waals surface area (Å²) in [5, 5.41) is 2.22. The van der Waals surface area contributed by atoms with Gasteiger partial charge in [-0.05, 0) is 75.1 Å². The summed E-state index contributed by atoms with van der Waals surface area (Å²) >= 11 is 0. The first kappa shape index (κ1) is 35.1. The summed E-state index contributed by atoms with van der Waals surface area (Å²) < 4.78 is 33.5. The van der Waals surface area contributed by atoms with Crippen LogP contribution in [0.25, 0.3) is 6.08 Å². The molecule has 49 heavy (non-hydrogen) atoms. The number of rotatable bonds is 8. The maximum absolute atomic E-state index is 14.6. The standard InChI is InChI=1S/C36H49N5O7S/c1-6-26-18-36(26,34(44)38-49(46,47)28-14-15-28)37-32(42)30-17-27-20-41(30)33(43)31(22(2)3)40(23(4)5)16-9-7-8-11-24-12-10-13-25-19-39(21-29(24)25)35(45)48-27/h6,8,10-13,22-23,26-28,30-31H,1,7,9,14-21H2,2-5H3,(H,37,42)(H,38,44)/b11-8+/t26-,27-,30+,31+,36-/m1/s1. The van der Waals surface area contributed by atoms with Crippen molar-refractivity contribution in [1.82, 2.24) is 24.7 Å². The van der Waals surface area contributed by atoms with Gasteiger partial charge in [0.2, 0.25) is 21.8 Å². The average Bonchev–Trinajstić information content (AvgIpc) is 3.93. The number of hydrogen-bond acceptors (Lipinski definition) is 8. The first-order valence-electron chi connectivity index (χ1n) is 17.6. The Hall–Kier alpha value is -3.71. The summed E-state index contributed by atoms with van der Waals surface area (Å²) in [5.41, 5.74) is 1.71. The van der Waals surface area contributed by atoms with Crippen LogP contribution in [0.1, 0.15) is 82.9 Å². The van der Waals surface area contributed by atoms with Crippen LogP contribution in [0, 0.1) is 11.8 Å². The minimum absolute atomic E-state index is 0.0194. The molecule has 266 valence electrons. The van der Waals surface area contributed by atoms with E-state index < -0.39 is 62.8 Å². The van der Waals surface area contributed by atoms with Crippen LogP contribution in [0.3, 0.4) is 0 Å². The Balaban J connectivity index is 1.30. The van der Waals surface area contributed by atoms with E-state index in [4.69, 9.17) is 4.74 Å². The smallest absolute Gasteiger partial charge is 0.410 e. The van der Waals surface area contributed by atoms with Crippen molar-refractivity contribution < 1.29 is 32.3 Å². The van der Waals surface area contributed by atoms with E-state index in [9.17, 15) is 27.6 Å². The zero-order chi connectivity index (χ0) is 35.2. The quantitative estimate of drug-likeness (QED) is 0.394. The van der Waals surface area contributed by atoms with Crippen LogP contribution in [-0.2, 0) is 42.2 Å². The predicted octanol–water partition coefficient (Wildman–Crippen LogP) is 3.32. The number of fused-ring (bicyclic) bond motifs is 3. The Morgan fingerprint density at radius 3 is 2.53 bits per heavy atom. The van der Waals surface area contributed by atoms with Crippen LogP contribution in [0.15, 0.2) is 36.9 Å². The average molecular weight is 696 g/mol. The van der Waals surface area contributed by atoms with Crippen LogP contribution < -0.4 is 10.0 Å². The Morgan fingerprint density at radius 1 is 1.12 bits per heavy atom. The zero-order valence-electron chi connectivity index (χ0n) is 28.9. The third-order valence-electron chi connectivity index (χ3n) is 10.6. The molecule has 0 radical (unpaired) electrons. The largest absolute Gasteiger partial charge is 0.444 e. The molecule has 1 saturated heterocycles. The van der Waals surface area contributed by atoms with Gasteiger partial charge in [0, 0.05) is 24.9 Å². The van der Waals surface area contributed by atoms with Crippen LogP contribution in [0.5, 0.6) is 0 Å². The first-order chi connectivity index (χ1) is 23.3. The van der Waals surface area contributed by atoms with E-state index in [1.165, 1.54) is 11.0 Å². The van der Waals surface area contributed by atoms with Gasteiger partial charge in [0.05, 0.1) is 24.4 Å². The SMILES string of the molecule is C=C[C@@H]1C[C@]1(NC(=O)[C@@H]1C[C@@H]2CN1C(=O)[C@H](C(C)C)N(C(C)C)CCC/C=C/c1cccc3c1CN(C3)C(=O)O2)C(=O)NS(=O)(=O)C1CC1. The van der Waals surface area contributed by atoms with Crippen molar-refractivity contribution in [1.29, 1.82) is 0 Å². The van der Waals surface area contributed by atoms with E-state index in [-0.39, 0.29) is 37.3 Å². The van der Waals surface area contributed by atoms with E-state index in [1.807, 2.05) is 26.0 Å². The van der Waals surface area contributed by atoms with Crippen molar-refractivity contribution in [3.8, 4) is 0 Å². The normalized spacial score (nSPS) is 29.8. The zero-order valence-corrected chi connectivity index (χ0v) is 29.7. The van der Waals surface area contributed by atoms with E-state index in [1.54, 1.807) is 4.90 Å². The lowest BCUT2D eigenvalue weighted by Crippen LogP contribution is -2.59. The number of nitrogens with zero attached hydrogens (tertiary/aromatic N) is 3. The fourth-order valence-corrected chi connectivity index (χ4v) is 9.01. The van der Waals surface area contributed by atoms with Crippen molar-refractivity contribution in [3.05, 3.63) is 53.6 Å². The molecule has 4 amide bonds. The maximum atomic E-state index is 14.6. The highest BCUT2D eigenvalue weighted by Gasteiger charge is 2.62. The molecule has 4 bridgehead atoms. The molecular formula is C36H49N5O7S. The van der Waals surface area contributed by atoms with Gasteiger partial charge in [0.25, 0.3) is 5.91 Å². The molecule has 3 heterocycles. The van der Waals surface area contributed by atoms with E-state index in [0.29, 0.717) is 32.5 Å². The fraction of sp³-hybridized carbons (Fsp3) is 0.611. The number of allylic oxidation sites excluding steroid dienone is 1. The topological polar surface area (TPSA) is 145 Å². The molecule has 3 aliphatic heterocycles. The number of nitrogens with one attached hydrogen (secondary N) is 2. The minimum atomic E-state index is -3.86. The summed E-state index contributed by atoms with van der Waals surface area (Å²) in [7, 11) is -3.86. The highest BCUT2D eigenvalue weighted by molar-refractivity contribution is 7.91. The van der Waals surface area contributed by atoms with Gasteiger partial charge in [-0.15, -0.1) is 6.58 Å². The first-order valence-corrected chi connectivity index (χ1v) is 19.1. The molecule has 0 aromatic heterocycles. The number of sulfonamides is 1. The van der Waals surface area contributed by atoms with Crippen LogP contribution in [-0.4, -0.2) is 95.0 Å². The van der Waals surface area contributed by atoms with Crippen LogP contribution in [0.2, 0.25) is 0 Å². The number of carbonyl (C=O) groups is 4. The molecule has 2 saturated carbocycles. The lowest BCUT2D eigenvalue weighted by atomic mass is 9.98. The lowest BCUT2D eigenvalue weighted by Gasteiger charge is -2.39. The van der Waals surface area contributed by atoms with Crippen molar-refractivity contribution in [2.75, 3.05) is 13.1 Å². The molecule has 0 unspecified atom stereocenters. The van der Waals surface area contributed by atoms with Crippen LogP contribution in [0.4, 0.5) is 4.79 Å². The number of hydrogen-bond donors (Lipinski definition) is 2. The number of benzene rings is 1. The second-order valence-corrected chi connectivity index (χ2v) is 16.8. The van der Waals surface area contributed by atoms with Gasteiger partial charge in [-0.25, -0.2) is 13.2 Å². The molecule has 0 spiro atoms. The van der Waals surface area contributed by atoms with Crippen LogP contribution >= 0.6 is 0 Å². The number of amides is 4. The molecule has 2 aliphatic carbocycles. The Labute approximate surface area is 289 Å². The van der Waals surface area contributed by atoms with Gasteiger partial charge in [-0.1, -0.05) is 50.3 Å². The minimum Gasteiger partial charge on any atom is -0.444 e. The molecule has 1 aromatic carbocycles. The van der Waals surface area contributed by atoms with Gasteiger partial charge in [0.15, 0.2) is 0 Å². The highest BCUT2D eigenvalue weighted by Crippen LogP contribution is 2.45. The molecule has 1 aromatic rings. The summed E-state index contributed by atoms with van der Waals surface area (Å²) in [5.74, 6) is -2.20. The van der Waals surface area contributed by atoms with E-state index in [2.05, 4.69) is 53.6 Å². The fourth-order valence-electron chi connectivity index (χ4n) is 7.64. The Morgan fingerprint density at radius 2 is 1.88 bits per heavy atom. The third kappa shape index (κ3) is 7.01. The molecule has 3 fully saturated rings. The molecule has 5 atom stereocenters. The number of carbonyl (C=O) groups excluding carboxylic acids is 4. The van der Waals surface area contributed by atoms with E-state index in [0.717, 1.165) is 29.5 Å². The molecule has 5 aliphatic rings.